The highest BCUT2D eigenvalue weighted by Gasteiger charge is 2.08. The monoisotopic (exact) mass is 353 g/mol. The third-order valence-electron chi connectivity index (χ3n) is 2.69. The van der Waals surface area contributed by atoms with Crippen LogP contribution in [0.15, 0.2) is 28.7 Å². The summed E-state index contributed by atoms with van der Waals surface area (Å²) in [5.41, 5.74) is 0. The Hall–Kier alpha value is -1.69. The van der Waals surface area contributed by atoms with Crippen molar-refractivity contribution >= 4 is 21.7 Å². The molecule has 0 amide bonds. The first kappa shape index (κ1) is 15.7. The van der Waals surface area contributed by atoms with Crippen LogP contribution in [0.25, 0.3) is 0 Å². The Morgan fingerprint density at radius 3 is 2.71 bits per heavy atom. The van der Waals surface area contributed by atoms with Gasteiger partial charge in [-0.1, -0.05) is 6.92 Å². The first-order valence-corrected chi connectivity index (χ1v) is 7.66. The van der Waals surface area contributed by atoms with E-state index in [1.54, 1.807) is 18.2 Å². The van der Waals surface area contributed by atoms with Gasteiger partial charge >= 0.3 is 0 Å². The molecule has 1 aromatic heterocycles. The highest BCUT2D eigenvalue weighted by atomic mass is 79.9. The molecule has 0 aliphatic carbocycles. The highest BCUT2D eigenvalue weighted by molar-refractivity contribution is 9.10. The van der Waals surface area contributed by atoms with E-state index in [1.807, 2.05) is 6.92 Å². The van der Waals surface area contributed by atoms with Crippen LogP contribution < -0.4 is 10.1 Å². The summed E-state index contributed by atoms with van der Waals surface area (Å²) in [4.78, 5) is 8.75. The predicted molar refractivity (Wildman–Crippen MR) is 84.4 cm³/mol. The molecular weight excluding hydrogens is 337 g/mol. The van der Waals surface area contributed by atoms with Crippen molar-refractivity contribution in [2.75, 3.05) is 11.9 Å². The Kier molecular flexibility index (Phi) is 5.50. The van der Waals surface area contributed by atoms with Crippen molar-refractivity contribution in [3.63, 3.8) is 0 Å². The first-order valence-electron chi connectivity index (χ1n) is 6.87. The minimum Gasteiger partial charge on any atom is -0.439 e. The highest BCUT2D eigenvalue weighted by Crippen LogP contribution is 2.26. The van der Waals surface area contributed by atoms with Crippen LogP contribution in [0, 0.1) is 5.82 Å². The largest absolute Gasteiger partial charge is 0.439 e. The molecule has 112 valence electrons. The average Bonchev–Trinajstić information content (AvgIpc) is 2.43. The van der Waals surface area contributed by atoms with E-state index >= 15 is 0 Å². The summed E-state index contributed by atoms with van der Waals surface area (Å²) in [7, 11) is 0. The Bertz CT molecular complexity index is 598. The van der Waals surface area contributed by atoms with E-state index in [0.717, 1.165) is 19.4 Å². The summed E-state index contributed by atoms with van der Waals surface area (Å²) in [6.07, 6.45) is 1.71. The van der Waals surface area contributed by atoms with Crippen molar-refractivity contribution in [3.05, 3.63) is 40.4 Å². The number of rotatable bonds is 6. The number of aryl methyl sites for hydroxylation is 1. The zero-order valence-corrected chi connectivity index (χ0v) is 13.6. The van der Waals surface area contributed by atoms with Crippen LogP contribution >= 0.6 is 15.9 Å². The Labute approximate surface area is 131 Å². The minimum atomic E-state index is -0.373. The quantitative estimate of drug-likeness (QED) is 0.827. The maximum absolute atomic E-state index is 13.5. The van der Waals surface area contributed by atoms with Crippen LogP contribution in [0.3, 0.4) is 0 Å². The van der Waals surface area contributed by atoms with Gasteiger partial charge in [-0.2, -0.15) is 4.98 Å². The third-order valence-corrected chi connectivity index (χ3v) is 3.34. The summed E-state index contributed by atoms with van der Waals surface area (Å²) >= 11 is 3.11. The SMILES string of the molecule is CCCc1nc(NCC)cc(Oc2ccc(Br)c(F)c2)n1. The molecule has 0 unspecified atom stereocenters. The van der Waals surface area contributed by atoms with Crippen LogP contribution in [-0.4, -0.2) is 16.5 Å². The molecule has 0 saturated heterocycles. The van der Waals surface area contributed by atoms with Gasteiger partial charge in [-0.15, -0.1) is 0 Å². The fourth-order valence-corrected chi connectivity index (χ4v) is 2.04. The summed E-state index contributed by atoms with van der Waals surface area (Å²) < 4.78 is 19.5. The summed E-state index contributed by atoms with van der Waals surface area (Å²) in [6, 6.07) is 6.31. The molecule has 6 heteroatoms. The van der Waals surface area contributed by atoms with Crippen molar-refractivity contribution in [2.24, 2.45) is 0 Å². The Morgan fingerprint density at radius 1 is 1.24 bits per heavy atom. The van der Waals surface area contributed by atoms with Crippen LogP contribution in [0.4, 0.5) is 10.2 Å². The molecule has 0 fully saturated rings. The average molecular weight is 354 g/mol. The lowest BCUT2D eigenvalue weighted by Gasteiger charge is -2.10. The zero-order chi connectivity index (χ0) is 15.2. The molecule has 0 aliphatic rings. The molecule has 0 bridgehead atoms. The summed E-state index contributed by atoms with van der Waals surface area (Å²) in [6.45, 7) is 4.81. The number of halogens is 2. The molecule has 2 rings (SSSR count). The van der Waals surface area contributed by atoms with Crippen LogP contribution in [0.2, 0.25) is 0 Å². The Balaban J connectivity index is 2.26. The molecule has 0 spiro atoms. The second-order valence-corrected chi connectivity index (χ2v) is 5.32. The number of hydrogen-bond acceptors (Lipinski definition) is 4. The van der Waals surface area contributed by atoms with Gasteiger partial charge in [0.25, 0.3) is 0 Å². The van der Waals surface area contributed by atoms with Gasteiger partial charge in [0.2, 0.25) is 5.88 Å². The molecule has 1 heterocycles. The van der Waals surface area contributed by atoms with Gasteiger partial charge in [-0.05, 0) is 41.4 Å². The van der Waals surface area contributed by atoms with Gasteiger partial charge in [-0.25, -0.2) is 9.37 Å². The fraction of sp³-hybridized carbons (Fsp3) is 0.333. The van der Waals surface area contributed by atoms with Crippen molar-refractivity contribution < 1.29 is 9.13 Å². The van der Waals surface area contributed by atoms with Gasteiger partial charge in [-0.3, -0.25) is 0 Å². The van der Waals surface area contributed by atoms with Gasteiger partial charge in [0.15, 0.2) is 0 Å². The molecule has 2 aromatic rings. The fourth-order valence-electron chi connectivity index (χ4n) is 1.79. The third kappa shape index (κ3) is 4.39. The minimum absolute atomic E-state index is 0.373. The van der Waals surface area contributed by atoms with Crippen LogP contribution in [0.1, 0.15) is 26.1 Å². The Morgan fingerprint density at radius 2 is 2.05 bits per heavy atom. The van der Waals surface area contributed by atoms with Crippen LogP contribution in [0.5, 0.6) is 11.6 Å². The molecule has 0 saturated carbocycles. The number of ether oxygens (including phenoxy) is 1. The standard InChI is InChI=1S/C15H17BrFN3O/c1-3-5-13-19-14(18-4-2)9-15(20-13)21-10-6-7-11(16)12(17)8-10/h6-9H,3-5H2,1-2H3,(H,18,19,20). The van der Waals surface area contributed by atoms with Gasteiger partial charge in [0.1, 0.15) is 23.2 Å². The number of hydrogen-bond donors (Lipinski definition) is 1. The van der Waals surface area contributed by atoms with E-state index in [0.29, 0.717) is 27.7 Å². The lowest BCUT2D eigenvalue weighted by Crippen LogP contribution is -2.04. The predicted octanol–water partition coefficient (Wildman–Crippen LogP) is 4.55. The second kappa shape index (κ2) is 7.36. The number of nitrogens with one attached hydrogen (secondary N) is 1. The van der Waals surface area contributed by atoms with Crippen molar-refractivity contribution in [3.8, 4) is 11.6 Å². The second-order valence-electron chi connectivity index (χ2n) is 4.47. The molecule has 4 nitrogen and oxygen atoms in total. The molecule has 0 atom stereocenters. The summed E-state index contributed by atoms with van der Waals surface area (Å²) in [5.74, 6) is 1.86. The number of benzene rings is 1. The van der Waals surface area contributed by atoms with Crippen LogP contribution in [-0.2, 0) is 6.42 Å². The van der Waals surface area contributed by atoms with Crippen molar-refractivity contribution in [1.82, 2.24) is 9.97 Å². The van der Waals surface area contributed by atoms with Crippen molar-refractivity contribution in [2.45, 2.75) is 26.7 Å². The molecular formula is C15H17BrFN3O. The smallest absolute Gasteiger partial charge is 0.224 e. The number of anilines is 1. The first-order chi connectivity index (χ1) is 10.1. The van der Waals surface area contributed by atoms with Gasteiger partial charge < -0.3 is 10.1 Å². The number of nitrogens with zero attached hydrogens (tertiary/aromatic N) is 2. The molecule has 1 aromatic carbocycles. The molecule has 0 aliphatic heterocycles. The maximum Gasteiger partial charge on any atom is 0.224 e. The molecule has 0 radical (unpaired) electrons. The molecule has 1 N–H and O–H groups in total. The van der Waals surface area contributed by atoms with E-state index in [4.69, 9.17) is 4.74 Å². The van der Waals surface area contributed by atoms with Gasteiger partial charge in [0, 0.05) is 25.1 Å². The zero-order valence-electron chi connectivity index (χ0n) is 12.0. The van der Waals surface area contributed by atoms with E-state index in [1.165, 1.54) is 6.07 Å². The number of aromatic nitrogens is 2. The lowest BCUT2D eigenvalue weighted by atomic mass is 10.3. The maximum atomic E-state index is 13.5. The van der Waals surface area contributed by atoms with Gasteiger partial charge in [0.05, 0.1) is 4.47 Å². The van der Waals surface area contributed by atoms with Crippen molar-refractivity contribution in [1.29, 1.82) is 0 Å². The van der Waals surface area contributed by atoms with E-state index in [-0.39, 0.29) is 5.82 Å². The topological polar surface area (TPSA) is 47.0 Å². The molecule has 21 heavy (non-hydrogen) atoms. The normalized spacial score (nSPS) is 10.5. The van der Waals surface area contributed by atoms with E-state index < -0.39 is 0 Å². The lowest BCUT2D eigenvalue weighted by molar-refractivity contribution is 0.453. The van der Waals surface area contributed by atoms with E-state index in [9.17, 15) is 4.39 Å². The summed E-state index contributed by atoms with van der Waals surface area (Å²) in [5, 5.41) is 3.14. The van der Waals surface area contributed by atoms with E-state index in [2.05, 4.69) is 38.1 Å².